The summed E-state index contributed by atoms with van der Waals surface area (Å²) in [4.78, 5) is 11.5. The zero-order chi connectivity index (χ0) is 14.2. The Labute approximate surface area is 117 Å². The van der Waals surface area contributed by atoms with Gasteiger partial charge in [-0.1, -0.05) is 30.3 Å². The Morgan fingerprint density at radius 3 is 2.80 bits per heavy atom. The number of urea groups is 1. The first-order chi connectivity index (χ1) is 9.74. The number of aromatic nitrogens is 2. The molecule has 20 heavy (non-hydrogen) atoms. The molecule has 0 saturated heterocycles. The van der Waals surface area contributed by atoms with E-state index in [1.165, 1.54) is 0 Å². The van der Waals surface area contributed by atoms with Crippen molar-refractivity contribution in [2.45, 2.75) is 6.61 Å². The number of amides is 2. The van der Waals surface area contributed by atoms with Gasteiger partial charge in [-0.05, 0) is 5.56 Å². The maximum absolute atomic E-state index is 11.5. The van der Waals surface area contributed by atoms with Gasteiger partial charge in [-0.25, -0.2) is 4.79 Å². The molecule has 106 valence electrons. The Morgan fingerprint density at radius 1 is 1.30 bits per heavy atom. The van der Waals surface area contributed by atoms with Gasteiger partial charge in [0.2, 0.25) is 0 Å². The summed E-state index contributed by atoms with van der Waals surface area (Å²) in [6.45, 7) is 1.46. The van der Waals surface area contributed by atoms with E-state index in [9.17, 15) is 4.79 Å². The summed E-state index contributed by atoms with van der Waals surface area (Å²) < 4.78 is 7.09. The molecule has 0 aliphatic carbocycles. The molecule has 1 heterocycles. The number of nitrogens with zero attached hydrogens (tertiary/aromatic N) is 2. The Kier molecular flexibility index (Phi) is 5.14. The number of ether oxygens (including phenoxy) is 1. The Balaban J connectivity index is 1.58. The number of carbonyl (C=O) groups excluding carboxylic acids is 1. The minimum Gasteiger partial charge on any atom is -0.375 e. The molecule has 0 spiro atoms. The number of hydrogen-bond donors (Lipinski definition) is 2. The number of anilines is 1. The average Bonchev–Trinajstić information content (AvgIpc) is 2.85. The molecule has 0 bridgehead atoms. The number of benzene rings is 1. The molecule has 2 rings (SSSR count). The third-order valence-corrected chi connectivity index (χ3v) is 2.60. The van der Waals surface area contributed by atoms with Crippen LogP contribution in [-0.4, -0.2) is 29.0 Å². The van der Waals surface area contributed by atoms with Gasteiger partial charge in [0.1, 0.15) is 0 Å². The van der Waals surface area contributed by atoms with E-state index >= 15 is 0 Å². The van der Waals surface area contributed by atoms with Gasteiger partial charge in [-0.2, -0.15) is 5.10 Å². The average molecular weight is 274 g/mol. The largest absolute Gasteiger partial charge is 0.375 e. The zero-order valence-corrected chi connectivity index (χ0v) is 11.4. The molecule has 0 saturated carbocycles. The molecular formula is C14H18N4O2. The number of nitrogens with one attached hydrogen (secondary N) is 2. The number of carbonyl (C=O) groups is 1. The minimum atomic E-state index is -0.285. The summed E-state index contributed by atoms with van der Waals surface area (Å²) >= 11 is 0. The Bertz CT molecular complexity index is 539. The van der Waals surface area contributed by atoms with E-state index in [0.29, 0.717) is 25.6 Å². The van der Waals surface area contributed by atoms with Crippen LogP contribution in [0.3, 0.4) is 0 Å². The van der Waals surface area contributed by atoms with E-state index in [0.717, 1.165) is 5.56 Å². The number of rotatable bonds is 6. The van der Waals surface area contributed by atoms with Crippen LogP contribution in [0, 0.1) is 0 Å². The lowest BCUT2D eigenvalue weighted by Gasteiger charge is -2.06. The molecule has 0 fully saturated rings. The van der Waals surface area contributed by atoms with Crippen molar-refractivity contribution in [3.8, 4) is 0 Å². The van der Waals surface area contributed by atoms with Crippen LogP contribution in [0.5, 0.6) is 0 Å². The molecule has 2 aromatic rings. The summed E-state index contributed by atoms with van der Waals surface area (Å²) in [5.74, 6) is 0.523. The third-order valence-electron chi connectivity index (χ3n) is 2.60. The SMILES string of the molecule is Cn1ccc(NC(=O)NCCOCc2ccccc2)n1. The van der Waals surface area contributed by atoms with E-state index in [2.05, 4.69) is 15.7 Å². The van der Waals surface area contributed by atoms with Gasteiger partial charge < -0.3 is 10.1 Å². The fourth-order valence-electron chi connectivity index (χ4n) is 1.64. The molecule has 0 radical (unpaired) electrons. The monoisotopic (exact) mass is 274 g/mol. The van der Waals surface area contributed by atoms with Gasteiger partial charge in [0, 0.05) is 25.9 Å². The Morgan fingerprint density at radius 2 is 2.10 bits per heavy atom. The van der Waals surface area contributed by atoms with Crippen LogP contribution in [0.25, 0.3) is 0 Å². The second kappa shape index (κ2) is 7.30. The van der Waals surface area contributed by atoms with Crippen LogP contribution in [0.1, 0.15) is 5.56 Å². The van der Waals surface area contributed by atoms with Gasteiger partial charge in [-0.3, -0.25) is 10.00 Å². The van der Waals surface area contributed by atoms with E-state index in [1.807, 2.05) is 30.3 Å². The normalized spacial score (nSPS) is 10.2. The second-order valence-electron chi connectivity index (χ2n) is 4.29. The highest BCUT2D eigenvalue weighted by Gasteiger charge is 2.02. The molecule has 1 aromatic heterocycles. The molecule has 0 atom stereocenters. The first-order valence-corrected chi connectivity index (χ1v) is 6.40. The van der Waals surface area contributed by atoms with Crippen molar-refractivity contribution in [1.29, 1.82) is 0 Å². The molecule has 0 aliphatic rings. The summed E-state index contributed by atoms with van der Waals surface area (Å²) in [5.41, 5.74) is 1.12. The van der Waals surface area contributed by atoms with Crippen molar-refractivity contribution in [2.75, 3.05) is 18.5 Å². The zero-order valence-electron chi connectivity index (χ0n) is 11.4. The quantitative estimate of drug-likeness (QED) is 0.789. The molecule has 2 amide bonds. The van der Waals surface area contributed by atoms with Gasteiger partial charge >= 0.3 is 6.03 Å². The van der Waals surface area contributed by atoms with Gasteiger partial charge in [0.25, 0.3) is 0 Å². The number of hydrogen-bond acceptors (Lipinski definition) is 3. The fraction of sp³-hybridized carbons (Fsp3) is 0.286. The summed E-state index contributed by atoms with van der Waals surface area (Å²) in [6.07, 6.45) is 1.76. The van der Waals surface area contributed by atoms with Crippen LogP contribution >= 0.6 is 0 Å². The maximum atomic E-state index is 11.5. The van der Waals surface area contributed by atoms with Crippen molar-refractivity contribution in [3.63, 3.8) is 0 Å². The summed E-state index contributed by atoms with van der Waals surface area (Å²) in [7, 11) is 1.79. The molecular weight excluding hydrogens is 256 g/mol. The first-order valence-electron chi connectivity index (χ1n) is 6.40. The minimum absolute atomic E-state index is 0.285. The van der Waals surface area contributed by atoms with Crippen LogP contribution in [0.2, 0.25) is 0 Å². The topological polar surface area (TPSA) is 68.2 Å². The first kappa shape index (κ1) is 14.1. The van der Waals surface area contributed by atoms with Gasteiger partial charge in [-0.15, -0.1) is 0 Å². The highest BCUT2D eigenvalue weighted by Crippen LogP contribution is 2.00. The van der Waals surface area contributed by atoms with E-state index < -0.39 is 0 Å². The predicted octanol–water partition coefficient (Wildman–Crippen LogP) is 1.76. The smallest absolute Gasteiger partial charge is 0.320 e. The van der Waals surface area contributed by atoms with Crippen molar-refractivity contribution >= 4 is 11.8 Å². The standard InChI is InChI=1S/C14H18N4O2/c1-18-9-7-13(17-18)16-14(19)15-8-10-20-11-12-5-3-2-4-6-12/h2-7,9H,8,10-11H2,1H3,(H2,15,16,17,19). The van der Waals surface area contributed by atoms with Crippen LogP contribution in [0.4, 0.5) is 10.6 Å². The van der Waals surface area contributed by atoms with Gasteiger partial charge in [0.05, 0.1) is 13.2 Å². The lowest BCUT2D eigenvalue weighted by atomic mass is 10.2. The molecule has 0 aliphatic heterocycles. The molecule has 0 unspecified atom stereocenters. The summed E-state index contributed by atoms with van der Waals surface area (Å²) in [5, 5.41) is 9.38. The van der Waals surface area contributed by atoms with Crippen molar-refractivity contribution in [3.05, 3.63) is 48.2 Å². The molecule has 2 N–H and O–H groups in total. The highest BCUT2D eigenvalue weighted by atomic mass is 16.5. The lowest BCUT2D eigenvalue weighted by Crippen LogP contribution is -2.31. The Hall–Kier alpha value is -2.34. The summed E-state index contributed by atoms with van der Waals surface area (Å²) in [6, 6.07) is 11.3. The molecule has 6 heteroatoms. The van der Waals surface area contributed by atoms with E-state index in [-0.39, 0.29) is 6.03 Å². The van der Waals surface area contributed by atoms with Crippen LogP contribution < -0.4 is 10.6 Å². The van der Waals surface area contributed by atoms with Crippen molar-refractivity contribution in [1.82, 2.24) is 15.1 Å². The maximum Gasteiger partial charge on any atom is 0.320 e. The van der Waals surface area contributed by atoms with Crippen molar-refractivity contribution < 1.29 is 9.53 Å². The van der Waals surface area contributed by atoms with E-state index in [1.54, 1.807) is 24.0 Å². The fourth-order valence-corrected chi connectivity index (χ4v) is 1.64. The second-order valence-corrected chi connectivity index (χ2v) is 4.29. The lowest BCUT2D eigenvalue weighted by molar-refractivity contribution is 0.124. The van der Waals surface area contributed by atoms with E-state index in [4.69, 9.17) is 4.74 Å². The van der Waals surface area contributed by atoms with Crippen molar-refractivity contribution in [2.24, 2.45) is 7.05 Å². The third kappa shape index (κ3) is 4.74. The predicted molar refractivity (Wildman–Crippen MR) is 76.3 cm³/mol. The molecule has 1 aromatic carbocycles. The van der Waals surface area contributed by atoms with Crippen LogP contribution in [0.15, 0.2) is 42.6 Å². The number of aryl methyl sites for hydroxylation is 1. The molecule has 6 nitrogen and oxygen atoms in total. The van der Waals surface area contributed by atoms with Crippen LogP contribution in [-0.2, 0) is 18.4 Å². The highest BCUT2D eigenvalue weighted by molar-refractivity contribution is 5.88. The van der Waals surface area contributed by atoms with Gasteiger partial charge in [0.15, 0.2) is 5.82 Å².